The van der Waals surface area contributed by atoms with Gasteiger partial charge in [0.2, 0.25) is 0 Å². The lowest BCUT2D eigenvalue weighted by molar-refractivity contribution is 0.0592. The number of furan rings is 1. The summed E-state index contributed by atoms with van der Waals surface area (Å²) >= 11 is 6.20. The van der Waals surface area contributed by atoms with Crippen molar-refractivity contribution in [3.05, 3.63) is 41.1 Å². The molecule has 0 radical (unpaired) electrons. The number of nitrogens with two attached hydrogens (primary N) is 1. The Morgan fingerprint density at radius 3 is 2.57 bits per heavy atom. The number of piperidine rings is 1. The molecule has 3 rings (SSSR count). The number of carbonyl (C=O) groups is 1. The summed E-state index contributed by atoms with van der Waals surface area (Å²) in [6.07, 6.45) is 1.16. The first-order chi connectivity index (χ1) is 10.9. The zero-order valence-electron chi connectivity index (χ0n) is 13.4. The van der Waals surface area contributed by atoms with E-state index >= 15 is 0 Å². The van der Waals surface area contributed by atoms with E-state index in [2.05, 4.69) is 13.8 Å². The molecule has 1 aromatic heterocycles. The quantitative estimate of drug-likeness (QED) is 0.834. The molecular weight excluding hydrogens is 312 g/mol. The van der Waals surface area contributed by atoms with Gasteiger partial charge in [0.25, 0.3) is 5.91 Å². The number of rotatable bonds is 2. The largest absolute Gasteiger partial charge is 0.451 e. The number of anilines is 1. The van der Waals surface area contributed by atoms with Crippen molar-refractivity contribution in [2.24, 2.45) is 11.8 Å². The van der Waals surface area contributed by atoms with Gasteiger partial charge >= 0.3 is 0 Å². The number of halogens is 1. The summed E-state index contributed by atoms with van der Waals surface area (Å²) in [7, 11) is 0. The molecule has 23 heavy (non-hydrogen) atoms. The second-order valence-electron chi connectivity index (χ2n) is 6.56. The zero-order valence-corrected chi connectivity index (χ0v) is 14.1. The number of likely N-dealkylation sites (tertiary alicyclic amines) is 1. The molecule has 0 unspecified atom stereocenters. The normalized spacial score (nSPS) is 21.4. The van der Waals surface area contributed by atoms with Gasteiger partial charge < -0.3 is 15.1 Å². The third-order valence-electron chi connectivity index (χ3n) is 4.23. The van der Waals surface area contributed by atoms with E-state index in [9.17, 15) is 4.79 Å². The molecule has 0 bridgehead atoms. The van der Waals surface area contributed by atoms with E-state index in [1.54, 1.807) is 30.3 Å². The number of hydrogen-bond donors (Lipinski definition) is 1. The Kier molecular flexibility index (Phi) is 4.35. The number of nitrogen functional groups attached to an aromatic ring is 1. The molecule has 2 N–H and O–H groups in total. The highest BCUT2D eigenvalue weighted by Gasteiger charge is 2.28. The minimum absolute atomic E-state index is 0.0544. The topological polar surface area (TPSA) is 59.5 Å². The highest BCUT2D eigenvalue weighted by molar-refractivity contribution is 6.33. The van der Waals surface area contributed by atoms with Crippen LogP contribution in [0, 0.1) is 11.8 Å². The minimum Gasteiger partial charge on any atom is -0.451 e. The van der Waals surface area contributed by atoms with Crippen LogP contribution in [0.25, 0.3) is 11.3 Å². The van der Waals surface area contributed by atoms with Crippen LogP contribution < -0.4 is 5.73 Å². The highest BCUT2D eigenvalue weighted by atomic mass is 35.5. The summed E-state index contributed by atoms with van der Waals surface area (Å²) in [6.45, 7) is 5.92. The molecule has 1 fully saturated rings. The minimum atomic E-state index is -0.0544. The molecule has 1 aromatic carbocycles. The molecule has 4 nitrogen and oxygen atoms in total. The van der Waals surface area contributed by atoms with Crippen molar-refractivity contribution in [3.8, 4) is 11.3 Å². The van der Waals surface area contributed by atoms with Crippen molar-refractivity contribution >= 4 is 23.2 Å². The average molecular weight is 333 g/mol. The molecule has 5 heteroatoms. The fourth-order valence-corrected chi connectivity index (χ4v) is 3.60. The van der Waals surface area contributed by atoms with Crippen LogP contribution in [0.2, 0.25) is 5.02 Å². The van der Waals surface area contributed by atoms with Gasteiger partial charge in [0, 0.05) is 24.3 Å². The molecule has 0 spiro atoms. The van der Waals surface area contributed by atoms with Crippen molar-refractivity contribution in [1.29, 1.82) is 0 Å². The van der Waals surface area contributed by atoms with Gasteiger partial charge in [-0.3, -0.25) is 4.79 Å². The molecule has 2 aromatic rings. The first kappa shape index (κ1) is 15.9. The van der Waals surface area contributed by atoms with Crippen LogP contribution in [-0.4, -0.2) is 23.9 Å². The standard InChI is InChI=1S/C18H21ClN2O2/c1-11-7-12(2)10-21(9-11)18(22)17-6-5-16(23-17)14-4-3-13(20)8-15(14)19/h3-6,8,11-12H,7,9-10,20H2,1-2H3/t11-,12-/m0/s1. The Hall–Kier alpha value is -1.94. The van der Waals surface area contributed by atoms with Crippen molar-refractivity contribution in [2.75, 3.05) is 18.8 Å². The van der Waals surface area contributed by atoms with Crippen LogP contribution in [-0.2, 0) is 0 Å². The molecule has 1 amide bonds. The fraction of sp³-hybridized carbons (Fsp3) is 0.389. The summed E-state index contributed by atoms with van der Waals surface area (Å²) in [5, 5.41) is 0.513. The van der Waals surface area contributed by atoms with Crippen molar-refractivity contribution in [2.45, 2.75) is 20.3 Å². The number of nitrogens with zero attached hydrogens (tertiary/aromatic N) is 1. The molecule has 1 aliphatic rings. The number of amides is 1. The third kappa shape index (κ3) is 3.37. The second-order valence-corrected chi connectivity index (χ2v) is 6.97. The monoisotopic (exact) mass is 332 g/mol. The van der Waals surface area contributed by atoms with Crippen molar-refractivity contribution in [1.82, 2.24) is 4.90 Å². The third-order valence-corrected chi connectivity index (χ3v) is 4.54. The number of carbonyl (C=O) groups excluding carboxylic acids is 1. The zero-order chi connectivity index (χ0) is 16.6. The van der Waals surface area contributed by atoms with Gasteiger partial charge in [-0.05, 0) is 48.6 Å². The summed E-state index contributed by atoms with van der Waals surface area (Å²) in [5.41, 5.74) is 7.04. The molecule has 0 saturated carbocycles. The number of hydrogen-bond acceptors (Lipinski definition) is 3. The van der Waals surface area contributed by atoms with Gasteiger partial charge in [-0.1, -0.05) is 25.4 Å². The molecule has 122 valence electrons. The lowest BCUT2D eigenvalue weighted by atomic mass is 9.92. The SMILES string of the molecule is C[C@H]1C[C@H](C)CN(C(=O)c2ccc(-c3ccc(N)cc3Cl)o2)C1. The predicted octanol–water partition coefficient (Wildman–Crippen LogP) is 4.30. The summed E-state index contributed by atoms with van der Waals surface area (Å²) in [4.78, 5) is 14.5. The Morgan fingerprint density at radius 1 is 1.22 bits per heavy atom. The van der Waals surface area contributed by atoms with Crippen LogP contribution >= 0.6 is 11.6 Å². The van der Waals surface area contributed by atoms with Gasteiger partial charge in [0.15, 0.2) is 5.76 Å². The van der Waals surface area contributed by atoms with E-state index < -0.39 is 0 Å². The summed E-state index contributed by atoms with van der Waals surface area (Å²) < 4.78 is 5.76. The second kappa shape index (κ2) is 6.28. The van der Waals surface area contributed by atoms with Crippen LogP contribution in [0.15, 0.2) is 34.7 Å². The predicted molar refractivity (Wildman–Crippen MR) is 92.4 cm³/mol. The molecule has 2 heterocycles. The first-order valence-corrected chi connectivity index (χ1v) is 8.26. The maximum absolute atomic E-state index is 12.7. The van der Waals surface area contributed by atoms with Crippen LogP contribution in [0.5, 0.6) is 0 Å². The lowest BCUT2D eigenvalue weighted by Crippen LogP contribution is -2.42. The Balaban J connectivity index is 1.82. The van der Waals surface area contributed by atoms with E-state index in [0.717, 1.165) is 25.1 Å². The Bertz CT molecular complexity index is 716. The Morgan fingerprint density at radius 2 is 1.91 bits per heavy atom. The molecule has 1 aliphatic heterocycles. The number of benzene rings is 1. The maximum Gasteiger partial charge on any atom is 0.289 e. The summed E-state index contributed by atoms with van der Waals surface area (Å²) in [5.74, 6) is 1.92. The summed E-state index contributed by atoms with van der Waals surface area (Å²) in [6, 6.07) is 8.74. The van der Waals surface area contributed by atoms with Crippen molar-refractivity contribution < 1.29 is 9.21 Å². The van der Waals surface area contributed by atoms with E-state index in [1.165, 1.54) is 0 Å². The van der Waals surface area contributed by atoms with E-state index in [0.29, 0.717) is 34.1 Å². The lowest BCUT2D eigenvalue weighted by Gasteiger charge is -2.34. The van der Waals surface area contributed by atoms with Gasteiger partial charge in [0.1, 0.15) is 5.76 Å². The smallest absolute Gasteiger partial charge is 0.289 e. The molecule has 1 saturated heterocycles. The van der Waals surface area contributed by atoms with Gasteiger partial charge in [-0.2, -0.15) is 0 Å². The molecular formula is C18H21ClN2O2. The highest BCUT2D eigenvalue weighted by Crippen LogP contribution is 2.31. The van der Waals surface area contributed by atoms with Crippen molar-refractivity contribution in [3.63, 3.8) is 0 Å². The van der Waals surface area contributed by atoms with Gasteiger partial charge in [-0.15, -0.1) is 0 Å². The van der Waals surface area contributed by atoms with Gasteiger partial charge in [-0.25, -0.2) is 0 Å². The van der Waals surface area contributed by atoms with Crippen LogP contribution in [0.4, 0.5) is 5.69 Å². The van der Waals surface area contributed by atoms with Crippen LogP contribution in [0.3, 0.4) is 0 Å². The van der Waals surface area contributed by atoms with E-state index in [1.807, 2.05) is 4.90 Å². The maximum atomic E-state index is 12.7. The fourth-order valence-electron chi connectivity index (χ4n) is 3.31. The molecule has 2 atom stereocenters. The molecule has 0 aliphatic carbocycles. The van der Waals surface area contributed by atoms with Gasteiger partial charge in [0.05, 0.1) is 5.02 Å². The van der Waals surface area contributed by atoms with Crippen LogP contribution in [0.1, 0.15) is 30.8 Å². The van der Waals surface area contributed by atoms with E-state index in [4.69, 9.17) is 21.8 Å². The Labute approximate surface area is 141 Å². The van der Waals surface area contributed by atoms with E-state index in [-0.39, 0.29) is 5.91 Å². The first-order valence-electron chi connectivity index (χ1n) is 7.88. The average Bonchev–Trinajstić information content (AvgIpc) is 2.95.